The van der Waals surface area contributed by atoms with Gasteiger partial charge in [0.15, 0.2) is 0 Å². The Kier molecular flexibility index (Phi) is 12.7. The summed E-state index contributed by atoms with van der Waals surface area (Å²) in [6, 6.07) is 7.81. The fourth-order valence-electron chi connectivity index (χ4n) is 3.63. The second-order valence-corrected chi connectivity index (χ2v) is 10.2. The molecule has 192 valence electrons. The Hall–Kier alpha value is -2.57. The van der Waals surface area contributed by atoms with Crippen molar-refractivity contribution in [1.82, 2.24) is 15.5 Å². The molecule has 0 fully saturated rings. The number of unbranched alkanes of at least 4 members (excludes halogenated alkanes) is 2. The van der Waals surface area contributed by atoms with E-state index in [0.717, 1.165) is 31.2 Å². The average molecular weight is 476 g/mol. The molecule has 0 spiro atoms. The van der Waals surface area contributed by atoms with Gasteiger partial charge < -0.3 is 20.3 Å². The van der Waals surface area contributed by atoms with Gasteiger partial charge in [0.05, 0.1) is 0 Å². The SMILES string of the molecule is CCCCNC(=O)C(c1ccccc1)N(CCCC)C(=O)C(CC(C)C)NC(=O)OC(C)(C)C. The molecular formula is C27H45N3O4. The average Bonchev–Trinajstić information content (AvgIpc) is 2.74. The van der Waals surface area contributed by atoms with Crippen molar-refractivity contribution in [3.8, 4) is 0 Å². The molecule has 0 aliphatic rings. The summed E-state index contributed by atoms with van der Waals surface area (Å²) in [6.45, 7) is 14.4. The maximum Gasteiger partial charge on any atom is 0.408 e. The zero-order valence-electron chi connectivity index (χ0n) is 22.1. The maximum atomic E-state index is 13.9. The minimum atomic E-state index is -0.790. The molecule has 7 nitrogen and oxygen atoms in total. The first-order valence-corrected chi connectivity index (χ1v) is 12.6. The van der Waals surface area contributed by atoms with E-state index in [4.69, 9.17) is 4.74 Å². The molecule has 7 heteroatoms. The van der Waals surface area contributed by atoms with Crippen molar-refractivity contribution < 1.29 is 19.1 Å². The molecule has 34 heavy (non-hydrogen) atoms. The maximum absolute atomic E-state index is 13.9. The summed E-state index contributed by atoms with van der Waals surface area (Å²) < 4.78 is 5.42. The van der Waals surface area contributed by atoms with E-state index in [1.807, 2.05) is 51.1 Å². The number of amides is 3. The summed E-state index contributed by atoms with van der Waals surface area (Å²) >= 11 is 0. The van der Waals surface area contributed by atoms with Crippen LogP contribution in [0.25, 0.3) is 0 Å². The van der Waals surface area contributed by atoms with E-state index >= 15 is 0 Å². The minimum absolute atomic E-state index is 0.158. The smallest absolute Gasteiger partial charge is 0.408 e. The van der Waals surface area contributed by atoms with Crippen molar-refractivity contribution in [2.75, 3.05) is 13.1 Å². The molecule has 0 radical (unpaired) electrons. The van der Waals surface area contributed by atoms with Crippen LogP contribution < -0.4 is 10.6 Å². The van der Waals surface area contributed by atoms with E-state index in [0.29, 0.717) is 19.5 Å². The van der Waals surface area contributed by atoms with Crippen LogP contribution >= 0.6 is 0 Å². The topological polar surface area (TPSA) is 87.7 Å². The van der Waals surface area contributed by atoms with Crippen LogP contribution in [0.5, 0.6) is 0 Å². The first kappa shape index (κ1) is 29.5. The highest BCUT2D eigenvalue weighted by Gasteiger charge is 2.36. The van der Waals surface area contributed by atoms with Gasteiger partial charge >= 0.3 is 6.09 Å². The van der Waals surface area contributed by atoms with Crippen molar-refractivity contribution >= 4 is 17.9 Å². The fraction of sp³-hybridized carbons (Fsp3) is 0.667. The predicted molar refractivity (Wildman–Crippen MR) is 136 cm³/mol. The molecule has 1 aromatic rings. The third kappa shape index (κ3) is 10.6. The van der Waals surface area contributed by atoms with Gasteiger partial charge in [-0.05, 0) is 51.5 Å². The summed E-state index contributed by atoms with van der Waals surface area (Å²) in [6.07, 6.45) is 3.26. The molecule has 0 saturated heterocycles. The summed E-state index contributed by atoms with van der Waals surface area (Å²) in [5.41, 5.74) is 0.0740. The van der Waals surface area contributed by atoms with E-state index in [1.165, 1.54) is 0 Å². The van der Waals surface area contributed by atoms with Crippen LogP contribution in [0.3, 0.4) is 0 Å². The van der Waals surface area contributed by atoms with Gasteiger partial charge in [0.25, 0.3) is 0 Å². The molecule has 0 heterocycles. The number of nitrogens with one attached hydrogen (secondary N) is 2. The number of hydrogen-bond acceptors (Lipinski definition) is 4. The molecule has 2 atom stereocenters. The Morgan fingerprint density at radius 2 is 1.62 bits per heavy atom. The second kappa shape index (κ2) is 14.6. The molecule has 0 bridgehead atoms. The monoisotopic (exact) mass is 475 g/mol. The lowest BCUT2D eigenvalue weighted by molar-refractivity contribution is -0.142. The normalized spacial score (nSPS) is 13.2. The second-order valence-electron chi connectivity index (χ2n) is 10.2. The van der Waals surface area contributed by atoms with Crippen LogP contribution in [0.4, 0.5) is 4.79 Å². The molecule has 3 amide bonds. The Morgan fingerprint density at radius 3 is 2.15 bits per heavy atom. The first-order chi connectivity index (χ1) is 16.0. The van der Waals surface area contributed by atoms with Gasteiger partial charge in [-0.2, -0.15) is 0 Å². The van der Waals surface area contributed by atoms with E-state index in [1.54, 1.807) is 25.7 Å². The Balaban J connectivity index is 3.33. The Labute approximate surface area is 206 Å². The Bertz CT molecular complexity index is 759. The van der Waals surface area contributed by atoms with Crippen LogP contribution in [-0.4, -0.2) is 47.5 Å². The molecule has 0 saturated carbocycles. The van der Waals surface area contributed by atoms with E-state index in [-0.39, 0.29) is 17.7 Å². The molecule has 0 aliphatic carbocycles. The lowest BCUT2D eigenvalue weighted by Gasteiger charge is -2.35. The number of benzene rings is 1. The summed E-state index contributed by atoms with van der Waals surface area (Å²) in [5.74, 6) is -0.317. The number of carbonyl (C=O) groups is 3. The standard InChI is InChI=1S/C27H45N3O4/c1-8-10-17-28-24(31)23(21-15-13-12-14-16-21)30(18-11-9-2)25(32)22(19-20(3)4)29-26(33)34-27(5,6)7/h12-16,20,22-23H,8-11,17-19H2,1-7H3,(H,28,31)(H,29,33). The highest BCUT2D eigenvalue weighted by atomic mass is 16.6. The summed E-state index contributed by atoms with van der Waals surface area (Å²) in [5, 5.41) is 5.78. The molecule has 0 aliphatic heterocycles. The number of nitrogens with zero attached hydrogens (tertiary/aromatic N) is 1. The van der Waals surface area contributed by atoms with E-state index < -0.39 is 23.8 Å². The van der Waals surface area contributed by atoms with Gasteiger partial charge in [-0.15, -0.1) is 0 Å². The van der Waals surface area contributed by atoms with E-state index in [2.05, 4.69) is 17.6 Å². The largest absolute Gasteiger partial charge is 0.444 e. The molecule has 0 aromatic heterocycles. The molecule has 2 N–H and O–H groups in total. The van der Waals surface area contributed by atoms with E-state index in [9.17, 15) is 14.4 Å². The molecule has 1 aromatic carbocycles. The van der Waals surface area contributed by atoms with Crippen LogP contribution in [-0.2, 0) is 14.3 Å². The van der Waals surface area contributed by atoms with Gasteiger partial charge in [-0.25, -0.2) is 4.79 Å². The fourth-order valence-corrected chi connectivity index (χ4v) is 3.63. The molecular weight excluding hydrogens is 430 g/mol. The minimum Gasteiger partial charge on any atom is -0.444 e. The molecule has 1 rings (SSSR count). The highest BCUT2D eigenvalue weighted by Crippen LogP contribution is 2.24. The number of rotatable bonds is 13. The zero-order valence-corrected chi connectivity index (χ0v) is 22.1. The lowest BCUT2D eigenvalue weighted by Crippen LogP contribution is -2.53. The molecule has 2 unspecified atom stereocenters. The first-order valence-electron chi connectivity index (χ1n) is 12.6. The van der Waals surface area contributed by atoms with Crippen molar-refractivity contribution in [2.24, 2.45) is 5.92 Å². The zero-order chi connectivity index (χ0) is 25.7. The van der Waals surface area contributed by atoms with Gasteiger partial charge in [-0.3, -0.25) is 9.59 Å². The highest BCUT2D eigenvalue weighted by molar-refractivity contribution is 5.92. The van der Waals surface area contributed by atoms with Gasteiger partial charge in [0.1, 0.15) is 17.7 Å². The van der Waals surface area contributed by atoms with Gasteiger partial charge in [-0.1, -0.05) is 70.9 Å². The quantitative estimate of drug-likeness (QED) is 0.383. The van der Waals surface area contributed by atoms with Crippen LogP contribution in [0.15, 0.2) is 30.3 Å². The Morgan fingerprint density at radius 1 is 1.00 bits per heavy atom. The van der Waals surface area contributed by atoms with Crippen LogP contribution in [0.2, 0.25) is 0 Å². The van der Waals surface area contributed by atoms with Gasteiger partial charge in [0.2, 0.25) is 11.8 Å². The third-order valence-electron chi connectivity index (χ3n) is 5.24. The van der Waals surface area contributed by atoms with Crippen molar-refractivity contribution in [3.05, 3.63) is 35.9 Å². The van der Waals surface area contributed by atoms with Crippen molar-refractivity contribution in [2.45, 2.75) is 98.3 Å². The lowest BCUT2D eigenvalue weighted by atomic mass is 9.99. The summed E-state index contributed by atoms with van der Waals surface area (Å²) in [4.78, 5) is 41.5. The number of carbonyl (C=O) groups excluding carboxylic acids is 3. The van der Waals surface area contributed by atoms with Crippen molar-refractivity contribution in [3.63, 3.8) is 0 Å². The predicted octanol–water partition coefficient (Wildman–Crippen LogP) is 5.21. The number of alkyl carbamates (subject to hydrolysis) is 1. The van der Waals surface area contributed by atoms with Crippen molar-refractivity contribution in [1.29, 1.82) is 0 Å². The number of hydrogen-bond donors (Lipinski definition) is 2. The number of ether oxygens (including phenoxy) is 1. The van der Waals surface area contributed by atoms with Crippen LogP contribution in [0, 0.1) is 5.92 Å². The summed E-state index contributed by atoms with van der Waals surface area (Å²) in [7, 11) is 0. The van der Waals surface area contributed by atoms with Crippen LogP contribution in [0.1, 0.15) is 92.2 Å². The van der Waals surface area contributed by atoms with Gasteiger partial charge in [0, 0.05) is 13.1 Å². The third-order valence-corrected chi connectivity index (χ3v) is 5.24.